The van der Waals surface area contributed by atoms with E-state index in [-0.39, 0.29) is 12.4 Å². The molecule has 0 bridgehead atoms. The maximum absolute atomic E-state index is 11.5. The number of hydrogen-bond donors (Lipinski definition) is 1. The number of carbonyl (C=O) groups excluding carboxylic acids is 1. The van der Waals surface area contributed by atoms with Gasteiger partial charge in [0.2, 0.25) is 5.13 Å². The molecule has 0 saturated carbocycles. The summed E-state index contributed by atoms with van der Waals surface area (Å²) in [5, 5.41) is 6.78. The number of benzene rings is 1. The highest BCUT2D eigenvalue weighted by molar-refractivity contribution is 7.13. The topological polar surface area (TPSA) is 70.1 Å². The van der Waals surface area contributed by atoms with Crippen LogP contribution >= 0.6 is 11.3 Å². The van der Waals surface area contributed by atoms with E-state index in [1.54, 1.807) is 13.1 Å². The number of nitrogens with one attached hydrogen (secondary N) is 1. The number of nitrogens with zero attached hydrogens (tertiary/aromatic N) is 4. The zero-order chi connectivity index (χ0) is 20.5. The van der Waals surface area contributed by atoms with E-state index in [1.807, 2.05) is 11.4 Å². The number of hydrogen-bond acceptors (Lipinski definition) is 8. The quantitative estimate of drug-likeness (QED) is 0.386. The van der Waals surface area contributed by atoms with Crippen molar-refractivity contribution in [3.05, 3.63) is 46.5 Å². The van der Waals surface area contributed by atoms with Gasteiger partial charge in [0.15, 0.2) is 0 Å². The number of piperazine rings is 1. The van der Waals surface area contributed by atoms with E-state index in [4.69, 9.17) is 4.74 Å². The van der Waals surface area contributed by atoms with E-state index < -0.39 is 0 Å². The molecule has 0 atom stereocenters. The molecule has 0 spiro atoms. The van der Waals surface area contributed by atoms with Crippen LogP contribution < -0.4 is 5.43 Å². The Morgan fingerprint density at radius 1 is 1.28 bits per heavy atom. The number of likely N-dealkylation sites (N-methyl/N-ethyl adjacent to an activating group) is 1. The van der Waals surface area contributed by atoms with Crippen LogP contribution in [-0.2, 0) is 22.5 Å². The number of hydrazone groups is 1. The molecule has 3 rings (SSSR count). The van der Waals surface area contributed by atoms with Crippen molar-refractivity contribution in [1.82, 2.24) is 14.8 Å². The Bertz CT molecular complexity index is 815. The molecule has 1 aliphatic rings. The average molecular weight is 416 g/mol. The fraction of sp³-hybridized carbons (Fsp3) is 0.476. The van der Waals surface area contributed by atoms with Gasteiger partial charge in [-0.1, -0.05) is 25.1 Å². The Labute approximate surface area is 176 Å². The van der Waals surface area contributed by atoms with Gasteiger partial charge >= 0.3 is 5.97 Å². The van der Waals surface area contributed by atoms with E-state index in [0.717, 1.165) is 44.8 Å². The van der Waals surface area contributed by atoms with E-state index >= 15 is 0 Å². The molecular formula is C21H29N5O2S. The number of rotatable bonds is 9. The van der Waals surface area contributed by atoms with Gasteiger partial charge in [0.25, 0.3) is 0 Å². The lowest BCUT2D eigenvalue weighted by atomic mass is 10.1. The van der Waals surface area contributed by atoms with Crippen molar-refractivity contribution >= 4 is 28.7 Å². The second kappa shape index (κ2) is 11.0. The first-order chi connectivity index (χ1) is 14.2. The lowest BCUT2D eigenvalue weighted by Crippen LogP contribution is -2.45. The van der Waals surface area contributed by atoms with Gasteiger partial charge in [0.1, 0.15) is 0 Å². The van der Waals surface area contributed by atoms with Gasteiger partial charge in [0.05, 0.1) is 24.9 Å². The van der Waals surface area contributed by atoms with Crippen molar-refractivity contribution < 1.29 is 9.53 Å². The minimum atomic E-state index is -0.263. The van der Waals surface area contributed by atoms with Crippen LogP contribution in [0.15, 0.2) is 34.7 Å². The first-order valence-electron chi connectivity index (χ1n) is 10.1. The van der Waals surface area contributed by atoms with Crippen LogP contribution in [0.3, 0.4) is 0 Å². The summed E-state index contributed by atoms with van der Waals surface area (Å²) in [6, 6.07) is 8.45. The smallest absolute Gasteiger partial charge is 0.311 e. The highest BCUT2D eigenvalue weighted by Gasteiger charge is 2.15. The number of carbonyl (C=O) groups is 1. The van der Waals surface area contributed by atoms with E-state index in [9.17, 15) is 4.79 Å². The fourth-order valence-corrected chi connectivity index (χ4v) is 3.91. The lowest BCUT2D eigenvalue weighted by Gasteiger charge is -2.34. The molecule has 0 unspecified atom stereocenters. The number of aromatic nitrogens is 1. The van der Waals surface area contributed by atoms with Crippen molar-refractivity contribution in [2.75, 3.05) is 44.8 Å². The molecule has 0 radical (unpaired) electrons. The fourth-order valence-electron chi connectivity index (χ4n) is 3.26. The average Bonchev–Trinajstić information content (AvgIpc) is 3.16. The summed E-state index contributed by atoms with van der Waals surface area (Å²) < 4.78 is 4.94. The van der Waals surface area contributed by atoms with Crippen LogP contribution in [0, 0.1) is 0 Å². The number of ether oxygens (including phenoxy) is 1. The number of esters is 1. The van der Waals surface area contributed by atoms with Crippen molar-refractivity contribution in [1.29, 1.82) is 0 Å². The zero-order valence-electron chi connectivity index (χ0n) is 17.1. The molecule has 0 aliphatic carbocycles. The minimum absolute atomic E-state index is 0.185. The third-order valence-electron chi connectivity index (χ3n) is 4.83. The Balaban J connectivity index is 1.49. The molecule has 1 saturated heterocycles. The molecule has 8 heteroatoms. The predicted octanol–water partition coefficient (Wildman–Crippen LogP) is 2.83. The molecule has 1 fully saturated rings. The summed E-state index contributed by atoms with van der Waals surface area (Å²) >= 11 is 1.42. The normalized spacial score (nSPS) is 15.7. The maximum atomic E-state index is 11.5. The molecule has 156 valence electrons. The zero-order valence-corrected chi connectivity index (χ0v) is 18.0. The maximum Gasteiger partial charge on any atom is 0.311 e. The monoisotopic (exact) mass is 415 g/mol. The lowest BCUT2D eigenvalue weighted by molar-refractivity contribution is -0.142. The number of thiazole rings is 1. The van der Waals surface area contributed by atoms with Gasteiger partial charge < -0.3 is 9.64 Å². The molecule has 7 nitrogen and oxygen atoms in total. The molecule has 29 heavy (non-hydrogen) atoms. The Morgan fingerprint density at radius 3 is 2.83 bits per heavy atom. The molecule has 2 aromatic rings. The predicted molar refractivity (Wildman–Crippen MR) is 118 cm³/mol. The second-order valence-corrected chi connectivity index (χ2v) is 7.81. The van der Waals surface area contributed by atoms with Gasteiger partial charge in [-0.15, -0.1) is 11.3 Å². The first-order valence-corrected chi connectivity index (χ1v) is 11.0. The second-order valence-electron chi connectivity index (χ2n) is 6.95. The van der Waals surface area contributed by atoms with Crippen LogP contribution in [-0.4, -0.2) is 66.3 Å². The van der Waals surface area contributed by atoms with Crippen molar-refractivity contribution in [2.24, 2.45) is 5.10 Å². The van der Waals surface area contributed by atoms with Gasteiger partial charge in [-0.25, -0.2) is 4.98 Å². The Morgan fingerprint density at radius 2 is 2.07 bits per heavy atom. The minimum Gasteiger partial charge on any atom is -0.466 e. The van der Waals surface area contributed by atoms with Gasteiger partial charge in [0, 0.05) is 38.1 Å². The van der Waals surface area contributed by atoms with Crippen LogP contribution in [0.2, 0.25) is 0 Å². The van der Waals surface area contributed by atoms with Gasteiger partial charge in [-0.3, -0.25) is 15.1 Å². The summed E-state index contributed by atoms with van der Waals surface area (Å²) in [6.07, 6.45) is 1.98. The summed E-state index contributed by atoms with van der Waals surface area (Å²) in [7, 11) is 0. The Hall–Kier alpha value is -2.29. The SMILES string of the molecule is CCOC(=O)Cc1csc(NN=Cc2cccc(CN3CCN(CC)CC3)c2)n1. The molecule has 0 amide bonds. The molecular weight excluding hydrogens is 386 g/mol. The first kappa shape index (κ1) is 21.4. The highest BCUT2D eigenvalue weighted by Crippen LogP contribution is 2.16. The van der Waals surface area contributed by atoms with E-state index in [2.05, 4.69) is 50.4 Å². The third-order valence-corrected chi connectivity index (χ3v) is 5.62. The van der Waals surface area contributed by atoms with Crippen molar-refractivity contribution in [2.45, 2.75) is 26.8 Å². The summed E-state index contributed by atoms with van der Waals surface area (Å²) in [6.45, 7) is 11.0. The summed E-state index contributed by atoms with van der Waals surface area (Å²) in [5.41, 5.74) is 5.97. The Kier molecular flexibility index (Phi) is 8.15. The molecule has 1 aromatic carbocycles. The van der Waals surface area contributed by atoms with Crippen molar-refractivity contribution in [3.8, 4) is 0 Å². The molecule has 1 aromatic heterocycles. The molecule has 1 N–H and O–H groups in total. The van der Waals surface area contributed by atoms with E-state index in [1.165, 1.54) is 16.9 Å². The third kappa shape index (κ3) is 6.92. The summed E-state index contributed by atoms with van der Waals surface area (Å²) in [4.78, 5) is 20.9. The highest BCUT2D eigenvalue weighted by atomic mass is 32.1. The van der Waals surface area contributed by atoms with Crippen LogP contribution in [0.25, 0.3) is 0 Å². The van der Waals surface area contributed by atoms with E-state index in [0.29, 0.717) is 17.4 Å². The largest absolute Gasteiger partial charge is 0.466 e. The van der Waals surface area contributed by atoms with Gasteiger partial charge in [-0.05, 0) is 30.7 Å². The summed E-state index contributed by atoms with van der Waals surface area (Å²) in [5.74, 6) is -0.263. The van der Waals surface area contributed by atoms with Crippen LogP contribution in [0.1, 0.15) is 30.7 Å². The molecule has 2 heterocycles. The number of anilines is 1. The standard InChI is InChI=1S/C21H29N5O2S/c1-3-25-8-10-26(11-9-25)15-18-7-5-6-17(12-18)14-22-24-21-23-19(16-29-21)13-20(27)28-4-2/h5-7,12,14,16H,3-4,8-11,13,15H2,1-2H3,(H,23,24). The van der Waals surface area contributed by atoms with Crippen LogP contribution in [0.5, 0.6) is 0 Å². The van der Waals surface area contributed by atoms with Crippen molar-refractivity contribution in [3.63, 3.8) is 0 Å². The van der Waals surface area contributed by atoms with Crippen LogP contribution in [0.4, 0.5) is 5.13 Å². The molecule has 1 aliphatic heterocycles. The van der Waals surface area contributed by atoms with Gasteiger partial charge in [-0.2, -0.15) is 5.10 Å².